The quantitative estimate of drug-likeness (QED) is 0.296. The Labute approximate surface area is 241 Å². The van der Waals surface area contributed by atoms with E-state index in [1.165, 1.54) is 6.07 Å². The predicted molar refractivity (Wildman–Crippen MR) is 150 cm³/mol. The maximum absolute atomic E-state index is 13.6. The molecule has 0 bridgehead atoms. The molecule has 0 radical (unpaired) electrons. The van der Waals surface area contributed by atoms with Gasteiger partial charge in [-0.25, -0.2) is 4.79 Å². The highest BCUT2D eigenvalue weighted by Crippen LogP contribution is 2.38. The normalized spacial score (nSPS) is 16.2. The summed E-state index contributed by atoms with van der Waals surface area (Å²) in [5.74, 6) is 0.425. The molecule has 1 N–H and O–H groups in total. The van der Waals surface area contributed by atoms with Crippen LogP contribution in [0.5, 0.6) is 5.75 Å². The number of carbonyl (C=O) groups is 1. The topological polar surface area (TPSA) is 90.2 Å². The van der Waals surface area contributed by atoms with Gasteiger partial charge in [-0.2, -0.15) is 13.2 Å². The maximum atomic E-state index is 13.6. The Hall–Kier alpha value is -4.32. The van der Waals surface area contributed by atoms with Gasteiger partial charge in [0.2, 0.25) is 5.95 Å². The third-order valence-corrected chi connectivity index (χ3v) is 6.52. The maximum Gasteiger partial charge on any atom is 0.416 e. The minimum absolute atomic E-state index is 0.0388. The van der Waals surface area contributed by atoms with Gasteiger partial charge in [-0.1, -0.05) is 30.3 Å². The average Bonchev–Trinajstić information content (AvgIpc) is 3.31. The van der Waals surface area contributed by atoms with Gasteiger partial charge < -0.3 is 24.4 Å². The molecule has 5 rings (SSSR count). The van der Waals surface area contributed by atoms with Crippen molar-refractivity contribution in [3.05, 3.63) is 78.0 Å². The Kier molecular flexibility index (Phi) is 8.26. The van der Waals surface area contributed by atoms with E-state index in [0.717, 1.165) is 17.7 Å². The Morgan fingerprint density at radius 1 is 1.07 bits per heavy atom. The molecule has 2 aromatic carbocycles. The lowest BCUT2D eigenvalue weighted by Crippen LogP contribution is -2.43. The Bertz CT molecular complexity index is 1540. The van der Waals surface area contributed by atoms with Crippen molar-refractivity contribution in [2.24, 2.45) is 0 Å². The van der Waals surface area contributed by atoms with Crippen LogP contribution in [0.3, 0.4) is 0 Å². The van der Waals surface area contributed by atoms with Crippen LogP contribution in [0.25, 0.3) is 16.8 Å². The highest BCUT2D eigenvalue weighted by molar-refractivity contribution is 5.81. The number of amides is 1. The van der Waals surface area contributed by atoms with Crippen molar-refractivity contribution in [3.8, 4) is 17.0 Å². The summed E-state index contributed by atoms with van der Waals surface area (Å²) in [6.45, 7) is 6.89. The fourth-order valence-electron chi connectivity index (χ4n) is 4.57. The Morgan fingerprint density at radius 3 is 2.60 bits per heavy atom. The zero-order valence-electron chi connectivity index (χ0n) is 23.5. The number of nitrogens with one attached hydrogen (secondary N) is 1. The lowest BCUT2D eigenvalue weighted by atomic mass is 10.1. The molecule has 1 saturated heterocycles. The summed E-state index contributed by atoms with van der Waals surface area (Å²) in [4.78, 5) is 14.3. The standard InChI is InChI=1S/C30H32F3N5O4/c1-29(2,3)42-28(39)37-14-15-40-19-22(17-37)34-27-36-35-26(24-10-7-13-38(24)27)23-12-11-21(30(31,32)33)16-25(23)41-18-20-8-5-4-6-9-20/h4-13,16,22H,14-15,17-19H2,1-3H3,(H,34,36). The average molecular weight is 584 g/mol. The van der Waals surface area contributed by atoms with Crippen molar-refractivity contribution in [3.63, 3.8) is 0 Å². The van der Waals surface area contributed by atoms with Crippen LogP contribution in [-0.4, -0.2) is 63.5 Å². The lowest BCUT2D eigenvalue weighted by molar-refractivity contribution is -0.137. The zero-order valence-corrected chi connectivity index (χ0v) is 23.5. The van der Waals surface area contributed by atoms with Crippen molar-refractivity contribution in [1.82, 2.24) is 19.5 Å². The van der Waals surface area contributed by atoms with Gasteiger partial charge in [0.15, 0.2) is 0 Å². The number of ether oxygens (including phenoxy) is 3. The largest absolute Gasteiger partial charge is 0.488 e. The van der Waals surface area contributed by atoms with Crippen LogP contribution in [-0.2, 0) is 22.3 Å². The molecular formula is C30H32F3N5O4. The van der Waals surface area contributed by atoms with E-state index in [-0.39, 0.29) is 18.4 Å². The number of hydrogen-bond donors (Lipinski definition) is 1. The highest BCUT2D eigenvalue weighted by atomic mass is 19.4. The van der Waals surface area contributed by atoms with E-state index < -0.39 is 23.4 Å². The molecule has 0 aliphatic carbocycles. The second-order valence-corrected chi connectivity index (χ2v) is 11.0. The molecular weight excluding hydrogens is 551 g/mol. The zero-order chi connectivity index (χ0) is 29.9. The molecule has 3 heterocycles. The number of carbonyl (C=O) groups excluding carboxylic acids is 1. The molecule has 0 spiro atoms. The van der Waals surface area contributed by atoms with Gasteiger partial charge in [0.05, 0.1) is 30.3 Å². The van der Waals surface area contributed by atoms with Crippen LogP contribution in [0.1, 0.15) is 31.9 Å². The lowest BCUT2D eigenvalue weighted by Gasteiger charge is -2.28. The van der Waals surface area contributed by atoms with Crippen LogP contribution in [0.4, 0.5) is 23.9 Å². The first kappa shape index (κ1) is 29.2. The van der Waals surface area contributed by atoms with Gasteiger partial charge in [0.25, 0.3) is 0 Å². The summed E-state index contributed by atoms with van der Waals surface area (Å²) in [6, 6.07) is 15.8. The highest BCUT2D eigenvalue weighted by Gasteiger charge is 2.32. The molecule has 1 fully saturated rings. The number of hydrogen-bond acceptors (Lipinski definition) is 7. The molecule has 1 atom stereocenters. The number of halogens is 3. The molecule has 12 heteroatoms. The fraction of sp³-hybridized carbons (Fsp3) is 0.367. The smallest absolute Gasteiger partial charge is 0.416 e. The van der Waals surface area contributed by atoms with E-state index in [9.17, 15) is 18.0 Å². The minimum atomic E-state index is -4.54. The second kappa shape index (κ2) is 11.9. The van der Waals surface area contributed by atoms with E-state index >= 15 is 0 Å². The van der Waals surface area contributed by atoms with Crippen molar-refractivity contribution in [2.45, 2.75) is 45.2 Å². The van der Waals surface area contributed by atoms with Crippen LogP contribution in [0, 0.1) is 0 Å². The van der Waals surface area contributed by atoms with Gasteiger partial charge in [-0.3, -0.25) is 4.40 Å². The summed E-state index contributed by atoms with van der Waals surface area (Å²) in [6.07, 6.45) is -3.20. The molecule has 0 saturated carbocycles. The molecule has 42 heavy (non-hydrogen) atoms. The number of fused-ring (bicyclic) bond motifs is 1. The van der Waals surface area contributed by atoms with Crippen molar-refractivity contribution < 1.29 is 32.2 Å². The van der Waals surface area contributed by atoms with E-state index in [0.29, 0.717) is 49.0 Å². The summed E-state index contributed by atoms with van der Waals surface area (Å²) < 4.78 is 59.7. The number of nitrogens with zero attached hydrogens (tertiary/aromatic N) is 4. The molecule has 1 aliphatic heterocycles. The summed E-state index contributed by atoms with van der Waals surface area (Å²) in [5.41, 5.74) is 0.689. The van der Waals surface area contributed by atoms with Crippen molar-refractivity contribution in [1.29, 1.82) is 0 Å². The van der Waals surface area contributed by atoms with Gasteiger partial charge in [-0.15, -0.1) is 10.2 Å². The van der Waals surface area contributed by atoms with E-state index in [2.05, 4.69) is 15.5 Å². The van der Waals surface area contributed by atoms with Crippen LogP contribution >= 0.6 is 0 Å². The predicted octanol–water partition coefficient (Wildman–Crippen LogP) is 6.04. The Balaban J connectivity index is 1.43. The van der Waals surface area contributed by atoms with E-state index in [1.54, 1.807) is 27.6 Å². The monoisotopic (exact) mass is 583 g/mol. The Morgan fingerprint density at radius 2 is 1.86 bits per heavy atom. The van der Waals surface area contributed by atoms with Crippen LogP contribution in [0.2, 0.25) is 0 Å². The van der Waals surface area contributed by atoms with Gasteiger partial charge in [0.1, 0.15) is 23.7 Å². The number of anilines is 1. The van der Waals surface area contributed by atoms with E-state index in [1.807, 2.05) is 51.1 Å². The summed E-state index contributed by atoms with van der Waals surface area (Å²) in [5, 5.41) is 12.1. The molecule has 4 aromatic rings. The first-order valence-electron chi connectivity index (χ1n) is 13.5. The van der Waals surface area contributed by atoms with E-state index in [4.69, 9.17) is 14.2 Å². The first-order chi connectivity index (χ1) is 20.0. The van der Waals surface area contributed by atoms with Crippen LogP contribution < -0.4 is 10.1 Å². The van der Waals surface area contributed by atoms with Crippen molar-refractivity contribution >= 4 is 17.6 Å². The second-order valence-electron chi connectivity index (χ2n) is 11.0. The first-order valence-corrected chi connectivity index (χ1v) is 13.5. The summed E-state index contributed by atoms with van der Waals surface area (Å²) in [7, 11) is 0. The molecule has 1 unspecified atom stereocenters. The number of aromatic nitrogens is 3. The van der Waals surface area contributed by atoms with Gasteiger partial charge in [-0.05, 0) is 56.7 Å². The number of benzene rings is 2. The third-order valence-electron chi connectivity index (χ3n) is 6.52. The third kappa shape index (κ3) is 6.93. The summed E-state index contributed by atoms with van der Waals surface area (Å²) >= 11 is 0. The molecule has 1 aliphatic rings. The molecule has 9 nitrogen and oxygen atoms in total. The van der Waals surface area contributed by atoms with Gasteiger partial charge >= 0.3 is 12.3 Å². The number of alkyl halides is 3. The van der Waals surface area contributed by atoms with Crippen LogP contribution in [0.15, 0.2) is 66.9 Å². The molecule has 222 valence electrons. The SMILES string of the molecule is CC(C)(C)OC(=O)N1CCOCC(Nc2nnc(-c3ccc(C(F)(F)F)cc3OCc3ccccc3)c3cccn23)C1. The van der Waals surface area contributed by atoms with Crippen molar-refractivity contribution in [2.75, 3.05) is 31.6 Å². The molecule has 2 aromatic heterocycles. The fourth-order valence-corrected chi connectivity index (χ4v) is 4.57. The minimum Gasteiger partial charge on any atom is -0.488 e. The van der Waals surface area contributed by atoms with Gasteiger partial charge in [0, 0.05) is 24.8 Å². The molecule has 1 amide bonds. The number of rotatable bonds is 6.